The van der Waals surface area contributed by atoms with Crippen molar-refractivity contribution < 1.29 is 13.2 Å². The molecular formula is C16H26N2O3S3. The van der Waals surface area contributed by atoms with E-state index >= 15 is 0 Å². The van der Waals surface area contributed by atoms with Crippen molar-refractivity contribution in [2.75, 3.05) is 18.8 Å². The van der Waals surface area contributed by atoms with E-state index in [1.165, 1.54) is 11.3 Å². The van der Waals surface area contributed by atoms with Gasteiger partial charge in [0.05, 0.1) is 5.25 Å². The van der Waals surface area contributed by atoms with E-state index in [0.717, 1.165) is 18.6 Å². The van der Waals surface area contributed by atoms with Crippen LogP contribution in [0.15, 0.2) is 21.7 Å². The minimum Gasteiger partial charge on any atom is -0.342 e. The Balaban J connectivity index is 1.80. The Morgan fingerprint density at radius 1 is 1.46 bits per heavy atom. The number of sulfonamides is 1. The predicted molar refractivity (Wildman–Crippen MR) is 101 cm³/mol. The number of piperidine rings is 1. The largest absolute Gasteiger partial charge is 0.342 e. The van der Waals surface area contributed by atoms with Gasteiger partial charge in [-0.05, 0) is 43.4 Å². The average Bonchev–Trinajstić information content (AvgIpc) is 3.10. The Bertz CT molecular complexity index is 609. The normalized spacial score (nSPS) is 17.8. The standard InChI is InChI=1S/C16H26N2O3S3/c1-3-4-11-22-13(2)16(19)18-9-7-14(8-10-18)17-24(20,21)15-6-5-12-23-15/h5-6,12-14,17H,3-4,7-11H2,1-2H3. The minimum absolute atomic E-state index is 0.0177. The van der Waals surface area contributed by atoms with Crippen molar-refractivity contribution in [3.63, 3.8) is 0 Å². The second-order valence-electron chi connectivity index (χ2n) is 6.02. The predicted octanol–water partition coefficient (Wildman–Crippen LogP) is 2.94. The van der Waals surface area contributed by atoms with Crippen molar-refractivity contribution in [2.45, 2.75) is 55.0 Å². The van der Waals surface area contributed by atoms with Gasteiger partial charge in [0, 0.05) is 19.1 Å². The number of carbonyl (C=O) groups is 1. The number of unbranched alkanes of at least 4 members (excludes halogenated alkanes) is 1. The number of rotatable bonds is 8. The number of thiophene rings is 1. The van der Waals surface area contributed by atoms with Gasteiger partial charge in [-0.15, -0.1) is 23.1 Å². The Kier molecular flexibility index (Phi) is 7.59. The third kappa shape index (κ3) is 5.47. The van der Waals surface area contributed by atoms with Crippen molar-refractivity contribution in [1.82, 2.24) is 9.62 Å². The van der Waals surface area contributed by atoms with Crippen LogP contribution in [-0.2, 0) is 14.8 Å². The first-order chi connectivity index (χ1) is 11.4. The van der Waals surface area contributed by atoms with E-state index in [9.17, 15) is 13.2 Å². The van der Waals surface area contributed by atoms with Crippen LogP contribution in [0, 0.1) is 0 Å². The Hall–Kier alpha value is -0.570. The fourth-order valence-electron chi connectivity index (χ4n) is 2.64. The number of nitrogens with one attached hydrogen (secondary N) is 1. The summed E-state index contributed by atoms with van der Waals surface area (Å²) in [6, 6.07) is 3.25. The molecule has 0 saturated carbocycles. The van der Waals surface area contributed by atoms with Gasteiger partial charge in [-0.3, -0.25) is 4.79 Å². The molecule has 1 atom stereocenters. The number of thioether (sulfide) groups is 1. The van der Waals surface area contributed by atoms with Gasteiger partial charge >= 0.3 is 0 Å². The van der Waals surface area contributed by atoms with Gasteiger partial charge in [0.2, 0.25) is 15.9 Å². The summed E-state index contributed by atoms with van der Waals surface area (Å²) in [7, 11) is -3.42. The summed E-state index contributed by atoms with van der Waals surface area (Å²) in [6.07, 6.45) is 3.62. The molecule has 1 fully saturated rings. The maximum atomic E-state index is 12.4. The van der Waals surface area contributed by atoms with Crippen LogP contribution in [0.2, 0.25) is 0 Å². The summed E-state index contributed by atoms with van der Waals surface area (Å²) in [5, 5.41) is 1.74. The van der Waals surface area contributed by atoms with Gasteiger partial charge in [-0.2, -0.15) is 0 Å². The van der Waals surface area contributed by atoms with Gasteiger partial charge in [0.25, 0.3) is 0 Å². The number of hydrogen-bond acceptors (Lipinski definition) is 5. The summed E-state index contributed by atoms with van der Waals surface area (Å²) in [6.45, 7) is 5.35. The van der Waals surface area contributed by atoms with E-state index in [1.807, 2.05) is 11.8 Å². The van der Waals surface area contributed by atoms with Gasteiger partial charge in [-0.25, -0.2) is 13.1 Å². The summed E-state index contributed by atoms with van der Waals surface area (Å²) in [5.74, 6) is 1.19. The van der Waals surface area contributed by atoms with E-state index in [4.69, 9.17) is 0 Å². The van der Waals surface area contributed by atoms with E-state index in [2.05, 4.69) is 11.6 Å². The Labute approximate surface area is 153 Å². The zero-order valence-corrected chi connectivity index (χ0v) is 16.7. The summed E-state index contributed by atoms with van der Waals surface area (Å²) < 4.78 is 27.6. The number of nitrogens with zero attached hydrogens (tertiary/aromatic N) is 1. The van der Waals surface area contributed by atoms with Crippen molar-refractivity contribution >= 4 is 39.0 Å². The van der Waals surface area contributed by atoms with Crippen molar-refractivity contribution in [3.8, 4) is 0 Å². The van der Waals surface area contributed by atoms with E-state index < -0.39 is 10.0 Å². The van der Waals surface area contributed by atoms with E-state index in [0.29, 0.717) is 30.1 Å². The quantitative estimate of drug-likeness (QED) is 0.693. The van der Waals surface area contributed by atoms with Crippen LogP contribution in [0.25, 0.3) is 0 Å². The third-order valence-corrected chi connectivity index (χ3v) is 8.25. The highest BCUT2D eigenvalue weighted by Gasteiger charge is 2.28. The van der Waals surface area contributed by atoms with Crippen molar-refractivity contribution in [1.29, 1.82) is 0 Å². The first-order valence-electron chi connectivity index (χ1n) is 8.40. The van der Waals surface area contributed by atoms with E-state index in [-0.39, 0.29) is 17.2 Å². The molecule has 1 aromatic rings. The first kappa shape index (κ1) is 19.8. The maximum absolute atomic E-state index is 12.4. The molecule has 1 unspecified atom stereocenters. The molecular weight excluding hydrogens is 364 g/mol. The molecule has 136 valence electrons. The fourth-order valence-corrected chi connectivity index (χ4v) is 6.06. The molecule has 0 radical (unpaired) electrons. The first-order valence-corrected chi connectivity index (χ1v) is 11.8. The molecule has 0 spiro atoms. The molecule has 0 aliphatic carbocycles. The summed E-state index contributed by atoms with van der Waals surface area (Å²) >= 11 is 2.93. The molecule has 1 aromatic heterocycles. The molecule has 24 heavy (non-hydrogen) atoms. The Morgan fingerprint density at radius 3 is 2.75 bits per heavy atom. The zero-order valence-electron chi connectivity index (χ0n) is 14.2. The second kappa shape index (κ2) is 9.22. The highest BCUT2D eigenvalue weighted by atomic mass is 32.2. The molecule has 0 bridgehead atoms. The molecule has 2 rings (SSSR count). The van der Waals surface area contributed by atoms with Crippen LogP contribution < -0.4 is 4.72 Å². The number of likely N-dealkylation sites (tertiary alicyclic amines) is 1. The maximum Gasteiger partial charge on any atom is 0.250 e. The second-order valence-corrected chi connectivity index (χ2v) is 10.4. The van der Waals surface area contributed by atoms with Gasteiger partial charge in [-0.1, -0.05) is 19.4 Å². The Morgan fingerprint density at radius 2 is 2.17 bits per heavy atom. The molecule has 1 aliphatic heterocycles. The number of amides is 1. The monoisotopic (exact) mass is 390 g/mol. The van der Waals surface area contributed by atoms with Crippen LogP contribution in [0.5, 0.6) is 0 Å². The fraction of sp³-hybridized carbons (Fsp3) is 0.688. The molecule has 1 N–H and O–H groups in total. The highest BCUT2D eigenvalue weighted by molar-refractivity contribution is 8.00. The lowest BCUT2D eigenvalue weighted by molar-refractivity contribution is -0.131. The molecule has 2 heterocycles. The molecule has 1 amide bonds. The molecule has 5 nitrogen and oxygen atoms in total. The lowest BCUT2D eigenvalue weighted by Gasteiger charge is -2.33. The summed E-state index contributed by atoms with van der Waals surface area (Å²) in [4.78, 5) is 14.3. The molecule has 8 heteroatoms. The average molecular weight is 391 g/mol. The van der Waals surface area contributed by atoms with Gasteiger partial charge < -0.3 is 4.90 Å². The SMILES string of the molecule is CCCCSC(C)C(=O)N1CCC(NS(=O)(=O)c2cccs2)CC1. The topological polar surface area (TPSA) is 66.5 Å². The molecule has 1 aliphatic rings. The number of hydrogen-bond donors (Lipinski definition) is 1. The zero-order chi connectivity index (χ0) is 17.6. The highest BCUT2D eigenvalue weighted by Crippen LogP contribution is 2.21. The smallest absolute Gasteiger partial charge is 0.250 e. The summed E-state index contributed by atoms with van der Waals surface area (Å²) in [5.41, 5.74) is 0. The van der Waals surface area contributed by atoms with Crippen LogP contribution in [0.3, 0.4) is 0 Å². The van der Waals surface area contributed by atoms with Crippen molar-refractivity contribution in [3.05, 3.63) is 17.5 Å². The minimum atomic E-state index is -3.42. The van der Waals surface area contributed by atoms with Crippen LogP contribution in [-0.4, -0.2) is 49.4 Å². The van der Waals surface area contributed by atoms with E-state index in [1.54, 1.807) is 29.3 Å². The molecule has 1 saturated heterocycles. The lowest BCUT2D eigenvalue weighted by atomic mass is 10.1. The number of carbonyl (C=O) groups excluding carboxylic acids is 1. The van der Waals surface area contributed by atoms with Crippen LogP contribution in [0.1, 0.15) is 39.5 Å². The van der Waals surface area contributed by atoms with Crippen molar-refractivity contribution in [2.24, 2.45) is 0 Å². The lowest BCUT2D eigenvalue weighted by Crippen LogP contribution is -2.48. The van der Waals surface area contributed by atoms with Crippen LogP contribution >= 0.6 is 23.1 Å². The third-order valence-electron chi connectivity index (χ3n) is 4.10. The van der Waals surface area contributed by atoms with Crippen LogP contribution in [0.4, 0.5) is 0 Å². The van der Waals surface area contributed by atoms with Gasteiger partial charge in [0.1, 0.15) is 4.21 Å². The van der Waals surface area contributed by atoms with Gasteiger partial charge in [0.15, 0.2) is 0 Å². The molecule has 0 aromatic carbocycles.